The van der Waals surface area contributed by atoms with Crippen LogP contribution in [0.5, 0.6) is 5.75 Å². The highest BCUT2D eigenvalue weighted by atomic mass is 19.1. The molecule has 140 valence electrons. The Morgan fingerprint density at radius 2 is 2.27 bits per heavy atom. The van der Waals surface area contributed by atoms with Gasteiger partial charge in [0.05, 0.1) is 19.2 Å². The van der Waals surface area contributed by atoms with Crippen LogP contribution < -0.4 is 15.4 Å². The van der Waals surface area contributed by atoms with Crippen LogP contribution in [0.15, 0.2) is 29.5 Å². The first-order chi connectivity index (χ1) is 12.6. The molecule has 1 fully saturated rings. The lowest BCUT2D eigenvalue weighted by molar-refractivity contribution is 0.285. The van der Waals surface area contributed by atoms with E-state index in [2.05, 4.69) is 25.7 Å². The molecule has 1 aliphatic carbocycles. The maximum atomic E-state index is 14.3. The van der Waals surface area contributed by atoms with Crippen LogP contribution >= 0.6 is 0 Å². The van der Waals surface area contributed by atoms with Gasteiger partial charge in [0, 0.05) is 14.1 Å². The lowest BCUT2D eigenvalue weighted by Crippen LogP contribution is -2.38. The Labute approximate surface area is 152 Å². The van der Waals surface area contributed by atoms with Gasteiger partial charge < -0.3 is 15.4 Å². The Hall–Kier alpha value is -2.64. The number of hydrogen-bond acceptors (Lipinski definition) is 4. The lowest BCUT2D eigenvalue weighted by atomic mass is 10.1. The number of rotatable bonds is 7. The predicted octanol–water partition coefficient (Wildman–Crippen LogP) is 2.17. The van der Waals surface area contributed by atoms with Crippen LogP contribution in [-0.4, -0.2) is 34.4 Å². The minimum absolute atomic E-state index is 0.118. The standard InChI is InChI=1S/C18H25FN6O/c1-12(24-18(20-2)21-9-17-22-11-23-25(17)3)14-6-7-16(15(19)8-14)26-10-13-4-5-13/h6-8,11-13H,4-5,9-10H2,1-3H3,(H2,20,21,24). The third-order valence-electron chi connectivity index (χ3n) is 4.42. The fourth-order valence-electron chi connectivity index (χ4n) is 2.52. The Balaban J connectivity index is 1.56. The molecule has 1 unspecified atom stereocenters. The maximum Gasteiger partial charge on any atom is 0.191 e. The number of aliphatic imine (C=N–C) groups is 1. The Bertz CT molecular complexity index is 771. The molecular formula is C18H25FN6O. The summed E-state index contributed by atoms with van der Waals surface area (Å²) in [7, 11) is 3.52. The summed E-state index contributed by atoms with van der Waals surface area (Å²) >= 11 is 0. The molecular weight excluding hydrogens is 335 g/mol. The number of aromatic nitrogens is 3. The predicted molar refractivity (Wildman–Crippen MR) is 97.4 cm³/mol. The first-order valence-corrected chi connectivity index (χ1v) is 8.79. The Morgan fingerprint density at radius 1 is 1.46 bits per heavy atom. The van der Waals surface area contributed by atoms with Crippen molar-refractivity contribution >= 4 is 5.96 Å². The topological polar surface area (TPSA) is 76.4 Å². The quantitative estimate of drug-likeness (QED) is 0.585. The van der Waals surface area contributed by atoms with Crippen LogP contribution in [0, 0.1) is 11.7 Å². The van der Waals surface area contributed by atoms with Crippen molar-refractivity contribution in [3.63, 3.8) is 0 Å². The van der Waals surface area contributed by atoms with Gasteiger partial charge in [-0.05, 0) is 43.4 Å². The van der Waals surface area contributed by atoms with Gasteiger partial charge in [-0.15, -0.1) is 0 Å². The molecule has 1 aromatic heterocycles. The molecule has 1 aromatic carbocycles. The molecule has 0 amide bonds. The second-order valence-electron chi connectivity index (χ2n) is 6.54. The van der Waals surface area contributed by atoms with Gasteiger partial charge >= 0.3 is 0 Å². The first kappa shape index (κ1) is 18.2. The van der Waals surface area contributed by atoms with E-state index >= 15 is 0 Å². The molecule has 0 radical (unpaired) electrons. The molecule has 1 heterocycles. The number of halogens is 1. The van der Waals surface area contributed by atoms with E-state index in [-0.39, 0.29) is 11.9 Å². The average Bonchev–Trinajstić information content (AvgIpc) is 3.38. The summed E-state index contributed by atoms with van der Waals surface area (Å²) in [6, 6.07) is 4.96. The summed E-state index contributed by atoms with van der Waals surface area (Å²) in [4.78, 5) is 8.35. The van der Waals surface area contributed by atoms with Crippen molar-refractivity contribution in [2.24, 2.45) is 18.0 Å². The zero-order chi connectivity index (χ0) is 18.5. The SMILES string of the molecule is CN=C(NCc1ncnn1C)NC(C)c1ccc(OCC2CC2)c(F)c1. The van der Waals surface area contributed by atoms with E-state index in [9.17, 15) is 4.39 Å². The van der Waals surface area contributed by atoms with Crippen LogP contribution in [-0.2, 0) is 13.6 Å². The minimum Gasteiger partial charge on any atom is -0.490 e. The highest BCUT2D eigenvalue weighted by Crippen LogP contribution is 2.30. The summed E-state index contributed by atoms with van der Waals surface area (Å²) in [6.07, 6.45) is 3.87. The zero-order valence-electron chi connectivity index (χ0n) is 15.4. The molecule has 2 aromatic rings. The van der Waals surface area contributed by atoms with Crippen LogP contribution in [0.3, 0.4) is 0 Å². The molecule has 1 atom stereocenters. The highest BCUT2D eigenvalue weighted by Gasteiger charge is 2.22. The minimum atomic E-state index is -0.334. The van der Waals surface area contributed by atoms with E-state index in [4.69, 9.17) is 4.74 Å². The Morgan fingerprint density at radius 3 is 2.88 bits per heavy atom. The van der Waals surface area contributed by atoms with E-state index in [1.54, 1.807) is 17.8 Å². The van der Waals surface area contributed by atoms with Gasteiger partial charge in [-0.2, -0.15) is 5.10 Å². The zero-order valence-corrected chi connectivity index (χ0v) is 15.4. The molecule has 8 heteroatoms. The normalized spacial score (nSPS) is 15.6. The molecule has 0 bridgehead atoms. The summed E-state index contributed by atoms with van der Waals surface area (Å²) in [6.45, 7) is 3.04. The third kappa shape index (κ3) is 4.71. The van der Waals surface area contributed by atoms with E-state index in [1.807, 2.05) is 20.0 Å². The monoisotopic (exact) mass is 360 g/mol. The molecule has 26 heavy (non-hydrogen) atoms. The van der Waals surface area contributed by atoms with E-state index in [1.165, 1.54) is 25.2 Å². The molecule has 7 nitrogen and oxygen atoms in total. The van der Waals surface area contributed by atoms with E-state index in [0.717, 1.165) is 11.4 Å². The van der Waals surface area contributed by atoms with Gasteiger partial charge in [0.15, 0.2) is 17.5 Å². The molecule has 0 saturated heterocycles. The molecule has 1 aliphatic rings. The van der Waals surface area contributed by atoms with Crippen LogP contribution in [0.1, 0.15) is 37.2 Å². The van der Waals surface area contributed by atoms with Crippen LogP contribution in [0.25, 0.3) is 0 Å². The second kappa shape index (κ2) is 8.16. The number of nitrogens with zero attached hydrogens (tertiary/aromatic N) is 4. The number of benzene rings is 1. The van der Waals surface area contributed by atoms with Crippen molar-refractivity contribution in [2.75, 3.05) is 13.7 Å². The molecule has 2 N–H and O–H groups in total. The van der Waals surface area contributed by atoms with Crippen LogP contribution in [0.4, 0.5) is 4.39 Å². The number of nitrogens with one attached hydrogen (secondary N) is 2. The summed E-state index contributed by atoms with van der Waals surface area (Å²) in [5.41, 5.74) is 0.822. The van der Waals surface area contributed by atoms with Gasteiger partial charge in [0.25, 0.3) is 0 Å². The van der Waals surface area contributed by atoms with Crippen molar-refractivity contribution in [2.45, 2.75) is 32.4 Å². The molecule has 0 aliphatic heterocycles. The number of ether oxygens (including phenoxy) is 1. The smallest absolute Gasteiger partial charge is 0.191 e. The van der Waals surface area contributed by atoms with Gasteiger partial charge in [-0.25, -0.2) is 9.37 Å². The lowest BCUT2D eigenvalue weighted by Gasteiger charge is -2.19. The van der Waals surface area contributed by atoms with E-state index in [0.29, 0.717) is 30.8 Å². The van der Waals surface area contributed by atoms with Crippen LogP contribution in [0.2, 0.25) is 0 Å². The number of guanidine groups is 1. The van der Waals surface area contributed by atoms with Crippen molar-refractivity contribution in [1.82, 2.24) is 25.4 Å². The van der Waals surface area contributed by atoms with Gasteiger partial charge in [-0.3, -0.25) is 9.67 Å². The summed E-state index contributed by atoms with van der Waals surface area (Å²) in [5.74, 6) is 1.98. The van der Waals surface area contributed by atoms with Crippen molar-refractivity contribution in [1.29, 1.82) is 0 Å². The molecule has 1 saturated carbocycles. The Kier molecular flexibility index (Phi) is 5.70. The molecule has 3 rings (SSSR count). The van der Waals surface area contributed by atoms with Gasteiger partial charge in [-0.1, -0.05) is 6.07 Å². The van der Waals surface area contributed by atoms with Crippen molar-refractivity contribution in [3.8, 4) is 5.75 Å². The number of aryl methyl sites for hydroxylation is 1. The first-order valence-electron chi connectivity index (χ1n) is 8.79. The van der Waals surface area contributed by atoms with Gasteiger partial charge in [0.2, 0.25) is 0 Å². The van der Waals surface area contributed by atoms with Crippen molar-refractivity contribution in [3.05, 3.63) is 41.7 Å². The maximum absolute atomic E-state index is 14.3. The highest BCUT2D eigenvalue weighted by molar-refractivity contribution is 5.80. The summed E-state index contributed by atoms with van der Waals surface area (Å²) in [5, 5.41) is 10.5. The second-order valence-corrected chi connectivity index (χ2v) is 6.54. The summed E-state index contributed by atoms with van der Waals surface area (Å²) < 4.78 is 21.5. The molecule has 0 spiro atoms. The van der Waals surface area contributed by atoms with Gasteiger partial charge in [0.1, 0.15) is 12.2 Å². The average molecular weight is 360 g/mol. The number of hydrogen-bond donors (Lipinski definition) is 2. The largest absolute Gasteiger partial charge is 0.490 e. The van der Waals surface area contributed by atoms with E-state index < -0.39 is 0 Å². The third-order valence-corrected chi connectivity index (χ3v) is 4.42. The fraction of sp³-hybridized carbons (Fsp3) is 0.500. The van der Waals surface area contributed by atoms with Crippen molar-refractivity contribution < 1.29 is 9.13 Å². The fourth-order valence-corrected chi connectivity index (χ4v) is 2.52.